The van der Waals surface area contributed by atoms with Crippen molar-refractivity contribution >= 4 is 5.69 Å². The molecule has 0 amide bonds. The molecule has 0 heterocycles. The molecule has 1 aliphatic rings. The van der Waals surface area contributed by atoms with Gasteiger partial charge in [-0.1, -0.05) is 39.3 Å². The van der Waals surface area contributed by atoms with Crippen molar-refractivity contribution in [2.75, 3.05) is 5.32 Å². The van der Waals surface area contributed by atoms with Crippen molar-refractivity contribution < 1.29 is 5.11 Å². The molecule has 0 aromatic heterocycles. The smallest absolute Gasteiger partial charge is 0.0682 e. The van der Waals surface area contributed by atoms with E-state index in [1.54, 1.807) is 0 Å². The van der Waals surface area contributed by atoms with Gasteiger partial charge in [-0.15, -0.1) is 0 Å². The summed E-state index contributed by atoms with van der Waals surface area (Å²) < 4.78 is 0. The predicted octanol–water partition coefficient (Wildman–Crippen LogP) is 4.05. The lowest BCUT2D eigenvalue weighted by atomic mass is 9.74. The second-order valence-electron chi connectivity index (χ2n) is 6.44. The third kappa shape index (κ3) is 3.73. The number of hydrogen-bond donors (Lipinski definition) is 2. The van der Waals surface area contributed by atoms with E-state index in [0.29, 0.717) is 6.04 Å². The molecule has 0 saturated heterocycles. The minimum Gasteiger partial charge on any atom is -0.392 e. The first-order chi connectivity index (χ1) is 9.10. The monoisotopic (exact) mass is 261 g/mol. The van der Waals surface area contributed by atoms with Crippen molar-refractivity contribution in [3.63, 3.8) is 0 Å². The van der Waals surface area contributed by atoms with Gasteiger partial charge in [0.15, 0.2) is 0 Å². The van der Waals surface area contributed by atoms with Crippen LogP contribution in [0.2, 0.25) is 0 Å². The van der Waals surface area contributed by atoms with Crippen LogP contribution >= 0.6 is 0 Å². The molecule has 1 fully saturated rings. The zero-order valence-corrected chi connectivity index (χ0v) is 12.4. The number of aliphatic hydroxyl groups excluding tert-OH is 1. The molecule has 0 aliphatic heterocycles. The van der Waals surface area contributed by atoms with E-state index in [1.807, 2.05) is 12.1 Å². The highest BCUT2D eigenvalue weighted by Gasteiger charge is 2.30. The summed E-state index contributed by atoms with van der Waals surface area (Å²) in [5.74, 6) is 2.30. The van der Waals surface area contributed by atoms with Crippen LogP contribution < -0.4 is 5.32 Å². The van der Waals surface area contributed by atoms with Crippen LogP contribution in [0, 0.1) is 17.8 Å². The normalized spacial score (nSPS) is 27.5. The van der Waals surface area contributed by atoms with E-state index in [9.17, 15) is 5.11 Å². The quantitative estimate of drug-likeness (QED) is 0.857. The van der Waals surface area contributed by atoms with Crippen LogP contribution in [0.25, 0.3) is 0 Å². The van der Waals surface area contributed by atoms with Crippen molar-refractivity contribution in [3.8, 4) is 0 Å². The van der Waals surface area contributed by atoms with Crippen molar-refractivity contribution in [1.82, 2.24) is 0 Å². The second-order valence-corrected chi connectivity index (χ2v) is 6.44. The highest BCUT2D eigenvalue weighted by molar-refractivity contribution is 5.46. The highest BCUT2D eigenvalue weighted by atomic mass is 16.3. The summed E-state index contributed by atoms with van der Waals surface area (Å²) in [6.45, 7) is 7.14. The molecule has 1 aliphatic carbocycles. The van der Waals surface area contributed by atoms with Gasteiger partial charge < -0.3 is 10.4 Å². The van der Waals surface area contributed by atoms with Gasteiger partial charge in [0, 0.05) is 11.7 Å². The number of benzene rings is 1. The Morgan fingerprint density at radius 3 is 2.79 bits per heavy atom. The average molecular weight is 261 g/mol. The number of aliphatic hydroxyl groups is 1. The van der Waals surface area contributed by atoms with Gasteiger partial charge in [-0.25, -0.2) is 0 Å². The lowest BCUT2D eigenvalue weighted by Crippen LogP contribution is -2.37. The summed E-state index contributed by atoms with van der Waals surface area (Å²) in [7, 11) is 0. The van der Waals surface area contributed by atoms with Crippen LogP contribution in [0.5, 0.6) is 0 Å². The van der Waals surface area contributed by atoms with E-state index in [2.05, 4.69) is 38.2 Å². The highest BCUT2D eigenvalue weighted by Crippen LogP contribution is 2.35. The van der Waals surface area contributed by atoms with Crippen molar-refractivity contribution in [1.29, 1.82) is 0 Å². The summed E-state index contributed by atoms with van der Waals surface area (Å²) >= 11 is 0. The van der Waals surface area contributed by atoms with Gasteiger partial charge >= 0.3 is 0 Å². The lowest BCUT2D eigenvalue weighted by molar-refractivity contribution is 0.212. The van der Waals surface area contributed by atoms with Crippen LogP contribution in [0.3, 0.4) is 0 Å². The van der Waals surface area contributed by atoms with Gasteiger partial charge in [0.25, 0.3) is 0 Å². The fourth-order valence-corrected chi connectivity index (χ4v) is 3.34. The van der Waals surface area contributed by atoms with Crippen LogP contribution in [-0.4, -0.2) is 11.1 Å². The molecule has 106 valence electrons. The van der Waals surface area contributed by atoms with E-state index in [0.717, 1.165) is 29.0 Å². The van der Waals surface area contributed by atoms with Crippen molar-refractivity contribution in [2.24, 2.45) is 17.8 Å². The largest absolute Gasteiger partial charge is 0.392 e. The maximum absolute atomic E-state index is 9.22. The maximum Gasteiger partial charge on any atom is 0.0682 e. The molecule has 3 atom stereocenters. The van der Waals surface area contributed by atoms with E-state index < -0.39 is 0 Å². The van der Waals surface area contributed by atoms with Gasteiger partial charge in [-0.2, -0.15) is 0 Å². The third-order valence-electron chi connectivity index (χ3n) is 4.48. The van der Waals surface area contributed by atoms with Gasteiger partial charge in [0.05, 0.1) is 6.61 Å². The molecule has 0 radical (unpaired) electrons. The van der Waals surface area contributed by atoms with Crippen LogP contribution in [-0.2, 0) is 6.61 Å². The summed E-state index contributed by atoms with van der Waals surface area (Å²) in [6, 6.07) is 8.73. The Bertz CT molecular complexity index is 402. The topological polar surface area (TPSA) is 32.3 Å². The second kappa shape index (κ2) is 6.42. The SMILES string of the molecule is CC1CCC(C(C)C)C(Nc2cccc(CO)c2)C1. The number of rotatable bonds is 4. The zero-order valence-electron chi connectivity index (χ0n) is 12.4. The van der Waals surface area contributed by atoms with Crippen molar-refractivity contribution in [3.05, 3.63) is 29.8 Å². The van der Waals surface area contributed by atoms with Crippen LogP contribution in [0.4, 0.5) is 5.69 Å². The predicted molar refractivity (Wildman–Crippen MR) is 81.1 cm³/mol. The Morgan fingerprint density at radius 1 is 1.32 bits per heavy atom. The summed E-state index contributed by atoms with van der Waals surface area (Å²) in [5.41, 5.74) is 2.13. The zero-order chi connectivity index (χ0) is 13.8. The van der Waals surface area contributed by atoms with Crippen LogP contribution in [0.15, 0.2) is 24.3 Å². The average Bonchev–Trinajstić information content (AvgIpc) is 2.38. The Morgan fingerprint density at radius 2 is 2.11 bits per heavy atom. The number of nitrogens with one attached hydrogen (secondary N) is 1. The molecule has 2 rings (SSSR count). The lowest BCUT2D eigenvalue weighted by Gasteiger charge is -2.38. The first-order valence-corrected chi connectivity index (χ1v) is 7.56. The van der Waals surface area contributed by atoms with E-state index in [-0.39, 0.29) is 6.61 Å². The minimum atomic E-state index is 0.115. The molecule has 1 aromatic carbocycles. The summed E-state index contributed by atoms with van der Waals surface area (Å²) in [6.07, 6.45) is 3.94. The standard InChI is InChI=1S/C17H27NO/c1-12(2)16-8-7-13(3)9-17(16)18-15-6-4-5-14(10-15)11-19/h4-6,10,12-13,16-19H,7-9,11H2,1-3H3. The fraction of sp³-hybridized carbons (Fsp3) is 0.647. The summed E-state index contributed by atoms with van der Waals surface area (Å²) in [5, 5.41) is 12.9. The molecular weight excluding hydrogens is 234 g/mol. The first-order valence-electron chi connectivity index (χ1n) is 7.56. The fourth-order valence-electron chi connectivity index (χ4n) is 3.34. The molecule has 1 aromatic rings. The molecule has 2 heteroatoms. The molecule has 0 spiro atoms. The Kier molecular flexibility index (Phi) is 4.87. The molecule has 19 heavy (non-hydrogen) atoms. The number of anilines is 1. The van der Waals surface area contributed by atoms with Crippen LogP contribution in [0.1, 0.15) is 45.6 Å². The van der Waals surface area contributed by atoms with Crippen molar-refractivity contribution in [2.45, 2.75) is 52.7 Å². The van der Waals surface area contributed by atoms with Gasteiger partial charge in [0.2, 0.25) is 0 Å². The van der Waals surface area contributed by atoms with Gasteiger partial charge in [-0.3, -0.25) is 0 Å². The first kappa shape index (κ1) is 14.4. The molecule has 1 saturated carbocycles. The van der Waals surface area contributed by atoms with Gasteiger partial charge in [0.1, 0.15) is 0 Å². The minimum absolute atomic E-state index is 0.115. The maximum atomic E-state index is 9.22. The molecule has 2 nitrogen and oxygen atoms in total. The third-order valence-corrected chi connectivity index (χ3v) is 4.48. The Hall–Kier alpha value is -1.02. The number of hydrogen-bond acceptors (Lipinski definition) is 2. The Labute approximate surface area is 117 Å². The molecule has 3 unspecified atom stereocenters. The van der Waals surface area contributed by atoms with E-state index in [4.69, 9.17) is 0 Å². The van der Waals surface area contributed by atoms with E-state index >= 15 is 0 Å². The van der Waals surface area contributed by atoms with Gasteiger partial charge in [-0.05, 0) is 48.3 Å². The molecular formula is C17H27NO. The molecule has 0 bridgehead atoms. The van der Waals surface area contributed by atoms with E-state index in [1.165, 1.54) is 19.3 Å². The summed E-state index contributed by atoms with van der Waals surface area (Å²) in [4.78, 5) is 0. The Balaban J connectivity index is 2.09. The molecule has 2 N–H and O–H groups in total.